The summed E-state index contributed by atoms with van der Waals surface area (Å²) in [6.07, 6.45) is -0.567. The zero-order valence-corrected chi connectivity index (χ0v) is 11.6. The first-order chi connectivity index (χ1) is 9.10. The number of ether oxygens (including phenoxy) is 1. The summed E-state index contributed by atoms with van der Waals surface area (Å²) in [6, 6.07) is 7.26. The van der Waals surface area contributed by atoms with Gasteiger partial charge in [0.05, 0.1) is 12.5 Å². The molecule has 1 N–H and O–H groups in total. The van der Waals surface area contributed by atoms with Crippen LogP contribution in [0.2, 0.25) is 5.02 Å². The van der Waals surface area contributed by atoms with E-state index in [0.717, 1.165) is 5.56 Å². The van der Waals surface area contributed by atoms with Crippen LogP contribution in [0, 0.1) is 0 Å². The van der Waals surface area contributed by atoms with Gasteiger partial charge in [-0.05, 0) is 24.6 Å². The SMILES string of the molecule is CCO[C@H]1CN(C(=O)Cc2cccc(Cl)c2)C[C@@H]1O. The minimum Gasteiger partial charge on any atom is -0.388 e. The summed E-state index contributed by atoms with van der Waals surface area (Å²) < 4.78 is 5.40. The van der Waals surface area contributed by atoms with Crippen LogP contribution in [0.1, 0.15) is 12.5 Å². The van der Waals surface area contributed by atoms with Crippen molar-refractivity contribution in [1.82, 2.24) is 4.90 Å². The number of amides is 1. The van der Waals surface area contributed by atoms with Crippen LogP contribution in [0.25, 0.3) is 0 Å². The van der Waals surface area contributed by atoms with Crippen molar-refractivity contribution >= 4 is 17.5 Å². The molecule has 0 aromatic heterocycles. The van der Waals surface area contributed by atoms with E-state index in [1.54, 1.807) is 17.0 Å². The van der Waals surface area contributed by atoms with E-state index in [-0.39, 0.29) is 12.0 Å². The first-order valence-electron chi connectivity index (χ1n) is 6.42. The summed E-state index contributed by atoms with van der Waals surface area (Å²) in [5.41, 5.74) is 0.881. The normalized spacial score (nSPS) is 22.8. The molecule has 0 unspecified atom stereocenters. The topological polar surface area (TPSA) is 49.8 Å². The molecular formula is C14H18ClNO3. The number of carbonyl (C=O) groups is 1. The molecule has 104 valence electrons. The highest BCUT2D eigenvalue weighted by Gasteiger charge is 2.34. The van der Waals surface area contributed by atoms with Gasteiger partial charge in [0.1, 0.15) is 6.10 Å². The minimum absolute atomic E-state index is 0.0106. The Morgan fingerprint density at radius 1 is 1.53 bits per heavy atom. The maximum absolute atomic E-state index is 12.1. The minimum atomic E-state index is -0.594. The molecule has 5 heteroatoms. The first-order valence-corrected chi connectivity index (χ1v) is 6.80. The predicted octanol–water partition coefficient (Wildman–Crippen LogP) is 1.49. The van der Waals surface area contributed by atoms with Crippen molar-refractivity contribution < 1.29 is 14.6 Å². The second kappa shape index (κ2) is 6.37. The zero-order valence-electron chi connectivity index (χ0n) is 10.9. The lowest BCUT2D eigenvalue weighted by Gasteiger charge is -2.16. The lowest BCUT2D eigenvalue weighted by atomic mass is 10.1. The summed E-state index contributed by atoms with van der Waals surface area (Å²) in [7, 11) is 0. The van der Waals surface area contributed by atoms with Crippen LogP contribution in [0.4, 0.5) is 0 Å². The smallest absolute Gasteiger partial charge is 0.227 e. The van der Waals surface area contributed by atoms with E-state index >= 15 is 0 Å². The Balaban J connectivity index is 1.94. The number of nitrogens with zero attached hydrogens (tertiary/aromatic N) is 1. The average molecular weight is 284 g/mol. The van der Waals surface area contributed by atoms with Crippen molar-refractivity contribution in [3.63, 3.8) is 0 Å². The van der Waals surface area contributed by atoms with E-state index in [2.05, 4.69) is 0 Å². The molecular weight excluding hydrogens is 266 g/mol. The second-order valence-electron chi connectivity index (χ2n) is 4.67. The number of rotatable bonds is 4. The molecule has 0 radical (unpaired) electrons. The first kappa shape index (κ1) is 14.3. The van der Waals surface area contributed by atoms with Gasteiger partial charge in [0.25, 0.3) is 0 Å². The molecule has 1 aromatic carbocycles. The van der Waals surface area contributed by atoms with E-state index in [1.165, 1.54) is 0 Å². The molecule has 1 amide bonds. The molecule has 19 heavy (non-hydrogen) atoms. The monoisotopic (exact) mass is 283 g/mol. The molecule has 1 fully saturated rings. The van der Waals surface area contributed by atoms with Crippen LogP contribution < -0.4 is 0 Å². The number of carbonyl (C=O) groups excluding carboxylic acids is 1. The number of aliphatic hydroxyl groups is 1. The summed E-state index contributed by atoms with van der Waals surface area (Å²) in [4.78, 5) is 13.8. The Kier molecular flexibility index (Phi) is 4.80. The molecule has 0 aliphatic carbocycles. The lowest BCUT2D eigenvalue weighted by Crippen LogP contribution is -2.31. The molecule has 4 nitrogen and oxygen atoms in total. The van der Waals surface area contributed by atoms with Crippen LogP contribution in [-0.2, 0) is 16.0 Å². The predicted molar refractivity (Wildman–Crippen MR) is 73.2 cm³/mol. The molecule has 1 aliphatic rings. The molecule has 2 rings (SSSR count). The van der Waals surface area contributed by atoms with Gasteiger partial charge in [-0.15, -0.1) is 0 Å². The Morgan fingerprint density at radius 3 is 3.00 bits per heavy atom. The third-order valence-electron chi connectivity index (χ3n) is 3.21. The fourth-order valence-corrected chi connectivity index (χ4v) is 2.48. The third-order valence-corrected chi connectivity index (χ3v) is 3.45. The molecule has 1 heterocycles. The van der Waals surface area contributed by atoms with Crippen molar-refractivity contribution in [2.24, 2.45) is 0 Å². The molecule has 1 aliphatic heterocycles. The Hall–Kier alpha value is -1.10. The van der Waals surface area contributed by atoms with Gasteiger partial charge in [0.15, 0.2) is 0 Å². The number of hydrogen-bond donors (Lipinski definition) is 1. The Morgan fingerprint density at radius 2 is 2.32 bits per heavy atom. The number of benzene rings is 1. The standard InChI is InChI=1S/C14H18ClNO3/c1-2-19-13-9-16(8-12(13)17)14(18)7-10-4-3-5-11(15)6-10/h3-6,12-13,17H,2,7-9H2,1H3/t12-,13-/m0/s1. The summed E-state index contributed by atoms with van der Waals surface area (Å²) in [5, 5.41) is 10.4. The lowest BCUT2D eigenvalue weighted by molar-refractivity contribution is -0.130. The Bertz CT molecular complexity index is 452. The molecule has 1 saturated heterocycles. The van der Waals surface area contributed by atoms with Gasteiger partial charge in [0.2, 0.25) is 5.91 Å². The van der Waals surface area contributed by atoms with Gasteiger partial charge >= 0.3 is 0 Å². The van der Waals surface area contributed by atoms with E-state index in [9.17, 15) is 9.90 Å². The highest BCUT2D eigenvalue weighted by atomic mass is 35.5. The number of likely N-dealkylation sites (tertiary alicyclic amines) is 1. The van der Waals surface area contributed by atoms with Gasteiger partial charge < -0.3 is 14.7 Å². The number of β-amino-alcohol motifs (C(OH)–C–C–N with tert-alkyl or cyclic N) is 1. The summed E-state index contributed by atoms with van der Waals surface area (Å²) >= 11 is 5.89. The van der Waals surface area contributed by atoms with Gasteiger partial charge in [-0.25, -0.2) is 0 Å². The number of hydrogen-bond acceptors (Lipinski definition) is 3. The largest absolute Gasteiger partial charge is 0.388 e. The fraction of sp³-hybridized carbons (Fsp3) is 0.500. The maximum atomic E-state index is 12.1. The highest BCUT2D eigenvalue weighted by molar-refractivity contribution is 6.30. The Labute approximate surface area is 117 Å². The van der Waals surface area contributed by atoms with Crippen LogP contribution in [0.5, 0.6) is 0 Å². The van der Waals surface area contributed by atoms with Gasteiger partial charge in [-0.1, -0.05) is 23.7 Å². The van der Waals surface area contributed by atoms with Crippen LogP contribution >= 0.6 is 11.6 Å². The van der Waals surface area contributed by atoms with E-state index in [4.69, 9.17) is 16.3 Å². The quantitative estimate of drug-likeness (QED) is 0.911. The second-order valence-corrected chi connectivity index (χ2v) is 5.10. The van der Waals surface area contributed by atoms with Crippen LogP contribution in [-0.4, -0.2) is 47.8 Å². The van der Waals surface area contributed by atoms with Crippen molar-refractivity contribution in [2.75, 3.05) is 19.7 Å². The number of halogens is 1. The van der Waals surface area contributed by atoms with Gasteiger partial charge in [0, 0.05) is 24.7 Å². The highest BCUT2D eigenvalue weighted by Crippen LogP contribution is 2.16. The van der Waals surface area contributed by atoms with Gasteiger partial charge in [-0.3, -0.25) is 4.79 Å². The van der Waals surface area contributed by atoms with E-state index < -0.39 is 6.10 Å². The van der Waals surface area contributed by atoms with Gasteiger partial charge in [-0.2, -0.15) is 0 Å². The van der Waals surface area contributed by atoms with Crippen molar-refractivity contribution in [3.05, 3.63) is 34.9 Å². The van der Waals surface area contributed by atoms with E-state index in [1.807, 2.05) is 19.1 Å². The van der Waals surface area contributed by atoms with Crippen molar-refractivity contribution in [3.8, 4) is 0 Å². The van der Waals surface area contributed by atoms with Crippen molar-refractivity contribution in [1.29, 1.82) is 0 Å². The van der Waals surface area contributed by atoms with Crippen molar-refractivity contribution in [2.45, 2.75) is 25.6 Å². The molecule has 0 saturated carbocycles. The number of aliphatic hydroxyl groups excluding tert-OH is 1. The average Bonchev–Trinajstić information content (AvgIpc) is 2.72. The molecule has 0 spiro atoms. The molecule has 2 atom stereocenters. The maximum Gasteiger partial charge on any atom is 0.227 e. The summed E-state index contributed by atoms with van der Waals surface area (Å²) in [6.45, 7) is 3.21. The third kappa shape index (κ3) is 3.69. The molecule has 1 aromatic rings. The van der Waals surface area contributed by atoms with Crippen LogP contribution in [0.15, 0.2) is 24.3 Å². The molecule has 0 bridgehead atoms. The van der Waals surface area contributed by atoms with Crippen LogP contribution in [0.3, 0.4) is 0 Å². The summed E-state index contributed by atoms with van der Waals surface area (Å²) in [5.74, 6) is -0.0106. The van der Waals surface area contributed by atoms with E-state index in [0.29, 0.717) is 31.1 Å². The zero-order chi connectivity index (χ0) is 13.8. The fourth-order valence-electron chi connectivity index (χ4n) is 2.27.